The number of nitrogens with one attached hydrogen (secondary N) is 2. The molecule has 0 aliphatic heterocycles. The number of benzene rings is 1. The number of quaternary nitrogens is 1. The minimum atomic E-state index is -0.513. The Bertz CT molecular complexity index is 588. The molecule has 126 valence electrons. The van der Waals surface area contributed by atoms with Crippen molar-refractivity contribution in [2.75, 3.05) is 12.4 Å². The van der Waals surface area contributed by atoms with Crippen LogP contribution in [0.1, 0.15) is 39.0 Å². The molecule has 1 aliphatic rings. The maximum Gasteiger partial charge on any atom is 0.282 e. The molecule has 1 aliphatic carbocycles. The fourth-order valence-corrected chi connectivity index (χ4v) is 3.30. The van der Waals surface area contributed by atoms with Crippen molar-refractivity contribution in [3.63, 3.8) is 0 Å². The maximum absolute atomic E-state index is 12.4. The standard InChI is InChI=1S/C16H22ClN3O3/c1-11(19(2)12-6-4-3-5-7-12)16(21)18-15-9-8-13(20(22)23)10-14(15)17/h8-12H,3-7H2,1-2H3,(H,18,21)/p+1/t11-/m0/s1. The molecule has 1 saturated carbocycles. The van der Waals surface area contributed by atoms with Crippen LogP contribution in [0.15, 0.2) is 18.2 Å². The summed E-state index contributed by atoms with van der Waals surface area (Å²) in [5.74, 6) is -0.121. The van der Waals surface area contributed by atoms with Crippen molar-refractivity contribution in [3.05, 3.63) is 33.3 Å². The number of hydrogen-bond donors (Lipinski definition) is 2. The van der Waals surface area contributed by atoms with Crippen molar-refractivity contribution < 1.29 is 14.6 Å². The summed E-state index contributed by atoms with van der Waals surface area (Å²) < 4.78 is 0. The fraction of sp³-hybridized carbons (Fsp3) is 0.562. The van der Waals surface area contributed by atoms with Gasteiger partial charge in [-0.05, 0) is 38.7 Å². The quantitative estimate of drug-likeness (QED) is 0.638. The highest BCUT2D eigenvalue weighted by atomic mass is 35.5. The van der Waals surface area contributed by atoms with E-state index in [1.807, 2.05) is 6.92 Å². The van der Waals surface area contributed by atoms with Crippen molar-refractivity contribution in [1.82, 2.24) is 0 Å². The lowest BCUT2D eigenvalue weighted by atomic mass is 9.93. The van der Waals surface area contributed by atoms with Crippen LogP contribution in [-0.2, 0) is 4.79 Å². The van der Waals surface area contributed by atoms with Crippen LogP contribution in [-0.4, -0.2) is 30.0 Å². The highest BCUT2D eigenvalue weighted by Crippen LogP contribution is 2.26. The smallest absolute Gasteiger partial charge is 0.282 e. The minimum absolute atomic E-state index is 0.0917. The normalized spacial score (nSPS) is 18.2. The summed E-state index contributed by atoms with van der Waals surface area (Å²) in [6, 6.07) is 4.37. The number of nitrogens with zero attached hydrogens (tertiary/aromatic N) is 1. The number of amides is 1. The molecule has 1 aromatic carbocycles. The first-order valence-electron chi connectivity index (χ1n) is 7.98. The van der Waals surface area contributed by atoms with Crippen molar-refractivity contribution >= 4 is 28.9 Å². The average Bonchev–Trinajstić information content (AvgIpc) is 2.55. The third kappa shape index (κ3) is 4.42. The van der Waals surface area contributed by atoms with E-state index in [0.29, 0.717) is 11.7 Å². The number of nitro benzene ring substituents is 1. The summed E-state index contributed by atoms with van der Waals surface area (Å²) in [4.78, 5) is 23.9. The van der Waals surface area contributed by atoms with E-state index >= 15 is 0 Å². The van der Waals surface area contributed by atoms with Gasteiger partial charge in [0.2, 0.25) is 0 Å². The third-order valence-electron chi connectivity index (χ3n) is 4.75. The molecule has 1 unspecified atom stereocenters. The first-order chi connectivity index (χ1) is 10.9. The Labute approximate surface area is 141 Å². The van der Waals surface area contributed by atoms with E-state index in [-0.39, 0.29) is 22.7 Å². The average molecular weight is 341 g/mol. The molecule has 2 rings (SSSR count). The van der Waals surface area contributed by atoms with Crippen LogP contribution in [0.5, 0.6) is 0 Å². The molecule has 0 heterocycles. The van der Waals surface area contributed by atoms with Crippen LogP contribution >= 0.6 is 11.6 Å². The molecule has 2 atom stereocenters. The first kappa shape index (κ1) is 17.7. The fourth-order valence-electron chi connectivity index (χ4n) is 3.08. The lowest BCUT2D eigenvalue weighted by Crippen LogP contribution is -3.17. The van der Waals surface area contributed by atoms with E-state index in [4.69, 9.17) is 11.6 Å². The number of hydrogen-bond acceptors (Lipinski definition) is 3. The number of carbonyl (C=O) groups is 1. The second-order valence-corrected chi connectivity index (χ2v) is 6.62. The molecule has 23 heavy (non-hydrogen) atoms. The van der Waals surface area contributed by atoms with Gasteiger partial charge in [0.15, 0.2) is 6.04 Å². The van der Waals surface area contributed by atoms with E-state index in [1.54, 1.807) is 0 Å². The molecule has 1 amide bonds. The van der Waals surface area contributed by atoms with Gasteiger partial charge in [-0.2, -0.15) is 0 Å². The van der Waals surface area contributed by atoms with Gasteiger partial charge in [-0.25, -0.2) is 0 Å². The Kier molecular flexibility index (Phi) is 5.96. The van der Waals surface area contributed by atoms with Crippen LogP contribution in [0.4, 0.5) is 11.4 Å². The topological polar surface area (TPSA) is 76.7 Å². The Hall–Kier alpha value is -1.66. The number of rotatable bonds is 5. The lowest BCUT2D eigenvalue weighted by molar-refractivity contribution is -0.921. The molecule has 0 saturated heterocycles. The highest BCUT2D eigenvalue weighted by molar-refractivity contribution is 6.34. The van der Waals surface area contributed by atoms with Gasteiger partial charge in [0.25, 0.3) is 11.6 Å². The minimum Gasteiger partial charge on any atom is -0.325 e. The molecule has 7 heteroatoms. The Morgan fingerprint density at radius 1 is 1.39 bits per heavy atom. The van der Waals surface area contributed by atoms with Crippen LogP contribution in [0.2, 0.25) is 5.02 Å². The Morgan fingerprint density at radius 3 is 2.61 bits per heavy atom. The second-order valence-electron chi connectivity index (χ2n) is 6.21. The van der Waals surface area contributed by atoms with E-state index in [0.717, 1.165) is 12.8 Å². The van der Waals surface area contributed by atoms with Gasteiger partial charge in [-0.3, -0.25) is 14.9 Å². The second kappa shape index (κ2) is 7.75. The van der Waals surface area contributed by atoms with Gasteiger partial charge in [-0.1, -0.05) is 18.0 Å². The van der Waals surface area contributed by atoms with E-state index < -0.39 is 4.92 Å². The predicted octanol–water partition coefficient (Wildman–Crippen LogP) is 2.42. The summed E-state index contributed by atoms with van der Waals surface area (Å²) in [5, 5.41) is 13.7. The molecule has 6 nitrogen and oxygen atoms in total. The molecular weight excluding hydrogens is 318 g/mol. The summed E-state index contributed by atoms with van der Waals surface area (Å²) in [6.07, 6.45) is 6.04. The van der Waals surface area contributed by atoms with Crippen molar-refractivity contribution in [1.29, 1.82) is 0 Å². The maximum atomic E-state index is 12.4. The summed E-state index contributed by atoms with van der Waals surface area (Å²) in [7, 11) is 2.05. The van der Waals surface area contributed by atoms with E-state index in [2.05, 4.69) is 12.4 Å². The van der Waals surface area contributed by atoms with Gasteiger partial charge in [0.1, 0.15) is 0 Å². The molecule has 0 aromatic heterocycles. The van der Waals surface area contributed by atoms with Gasteiger partial charge in [0.05, 0.1) is 28.7 Å². The van der Waals surface area contributed by atoms with E-state index in [1.165, 1.54) is 42.4 Å². The number of likely N-dealkylation sites (N-methyl/N-ethyl adjacent to an activating group) is 1. The zero-order valence-corrected chi connectivity index (χ0v) is 14.2. The van der Waals surface area contributed by atoms with Crippen LogP contribution in [0.25, 0.3) is 0 Å². The van der Waals surface area contributed by atoms with Gasteiger partial charge in [-0.15, -0.1) is 0 Å². The molecule has 2 N–H and O–H groups in total. The summed E-state index contributed by atoms with van der Waals surface area (Å²) in [5.41, 5.74) is 0.316. The summed E-state index contributed by atoms with van der Waals surface area (Å²) in [6.45, 7) is 1.90. The molecular formula is C16H23ClN3O3+. The van der Waals surface area contributed by atoms with Gasteiger partial charge < -0.3 is 10.2 Å². The van der Waals surface area contributed by atoms with E-state index in [9.17, 15) is 14.9 Å². The van der Waals surface area contributed by atoms with Gasteiger partial charge in [0, 0.05) is 12.1 Å². The van der Waals surface area contributed by atoms with Crippen LogP contribution in [0.3, 0.4) is 0 Å². The summed E-state index contributed by atoms with van der Waals surface area (Å²) >= 11 is 6.02. The van der Waals surface area contributed by atoms with Crippen molar-refractivity contribution in [3.8, 4) is 0 Å². The molecule has 0 radical (unpaired) electrons. The zero-order valence-electron chi connectivity index (χ0n) is 13.5. The SMILES string of the molecule is C[C@@H](C(=O)Nc1ccc([N+](=O)[O-])cc1Cl)[NH+](C)C1CCCCC1. The van der Waals surface area contributed by atoms with Crippen molar-refractivity contribution in [2.45, 2.75) is 51.1 Å². The molecule has 0 bridgehead atoms. The van der Waals surface area contributed by atoms with Gasteiger partial charge >= 0.3 is 0 Å². The molecule has 0 spiro atoms. The zero-order chi connectivity index (χ0) is 17.0. The predicted molar refractivity (Wildman–Crippen MR) is 90.0 cm³/mol. The number of carbonyl (C=O) groups excluding carboxylic acids is 1. The molecule has 1 fully saturated rings. The number of non-ortho nitro benzene ring substituents is 1. The number of anilines is 1. The third-order valence-corrected chi connectivity index (χ3v) is 5.06. The lowest BCUT2D eigenvalue weighted by Gasteiger charge is -2.31. The number of nitro groups is 1. The molecule has 1 aromatic rings. The van der Waals surface area contributed by atoms with Crippen LogP contribution in [0, 0.1) is 10.1 Å². The Balaban J connectivity index is 2.01. The largest absolute Gasteiger partial charge is 0.325 e. The number of halogens is 1. The highest BCUT2D eigenvalue weighted by Gasteiger charge is 2.30. The Morgan fingerprint density at radius 2 is 2.04 bits per heavy atom. The van der Waals surface area contributed by atoms with Crippen molar-refractivity contribution in [2.24, 2.45) is 0 Å². The first-order valence-corrected chi connectivity index (χ1v) is 8.36. The monoisotopic (exact) mass is 340 g/mol. The van der Waals surface area contributed by atoms with Crippen LogP contribution < -0.4 is 10.2 Å².